The first-order valence-corrected chi connectivity index (χ1v) is 7.40. The van der Waals surface area contributed by atoms with Crippen molar-refractivity contribution in [1.29, 1.82) is 5.26 Å². The van der Waals surface area contributed by atoms with Gasteiger partial charge in [-0.05, 0) is 18.6 Å². The van der Waals surface area contributed by atoms with E-state index < -0.39 is 9.84 Å². The lowest BCUT2D eigenvalue weighted by molar-refractivity contribution is 0.603. The molecule has 0 bridgehead atoms. The van der Waals surface area contributed by atoms with E-state index in [0.29, 0.717) is 12.2 Å². The molecule has 0 aromatic carbocycles. The summed E-state index contributed by atoms with van der Waals surface area (Å²) in [4.78, 5) is 0. The van der Waals surface area contributed by atoms with Gasteiger partial charge in [0.05, 0.1) is 11.8 Å². The molecule has 0 saturated carbocycles. The molecule has 0 atom stereocenters. The molecule has 0 radical (unpaired) electrons. The fourth-order valence-electron chi connectivity index (χ4n) is 0.721. The maximum Gasteiger partial charge on any atom is 0.148 e. The van der Waals surface area contributed by atoms with Gasteiger partial charge in [-0.15, -0.1) is 0 Å². The highest BCUT2D eigenvalue weighted by Crippen LogP contribution is 2.06. The molecule has 0 fully saturated rings. The summed E-state index contributed by atoms with van der Waals surface area (Å²) in [5.41, 5.74) is 0. The number of nitriles is 1. The number of hydrogen-bond donors (Lipinski definition) is 0. The molecule has 0 aromatic heterocycles. The molecule has 0 N–H and O–H groups in total. The second-order valence-corrected chi connectivity index (χ2v) is 6.34. The monoisotopic (exact) mass is 221 g/mol. The van der Waals surface area contributed by atoms with Gasteiger partial charge in [0.15, 0.2) is 0 Å². The van der Waals surface area contributed by atoms with Crippen molar-refractivity contribution in [3.05, 3.63) is 0 Å². The summed E-state index contributed by atoms with van der Waals surface area (Å²) < 4.78 is 21.4. The van der Waals surface area contributed by atoms with Crippen LogP contribution in [-0.4, -0.2) is 31.9 Å². The Hall–Kier alpha value is -0.210. The van der Waals surface area contributed by atoms with Gasteiger partial charge >= 0.3 is 0 Å². The largest absolute Gasteiger partial charge is 0.229 e. The predicted molar refractivity (Wildman–Crippen MR) is 56.5 cm³/mol. The Morgan fingerprint density at radius 2 is 2.00 bits per heavy atom. The summed E-state index contributed by atoms with van der Waals surface area (Å²) in [7, 11) is -2.79. The van der Waals surface area contributed by atoms with Crippen LogP contribution in [0, 0.1) is 11.3 Å². The molecular formula is C8H15NO2S2. The molecule has 0 unspecified atom stereocenters. The zero-order valence-corrected chi connectivity index (χ0v) is 9.46. The van der Waals surface area contributed by atoms with Gasteiger partial charge in [0, 0.05) is 18.4 Å². The molecule has 0 heterocycles. The van der Waals surface area contributed by atoms with Crippen molar-refractivity contribution in [2.75, 3.05) is 23.5 Å². The molecule has 3 nitrogen and oxygen atoms in total. The van der Waals surface area contributed by atoms with Crippen LogP contribution in [0.3, 0.4) is 0 Å². The third-order valence-electron chi connectivity index (χ3n) is 1.43. The Labute approximate surface area is 84.4 Å². The first kappa shape index (κ1) is 12.8. The van der Waals surface area contributed by atoms with Crippen molar-refractivity contribution in [3.63, 3.8) is 0 Å². The summed E-state index contributed by atoms with van der Waals surface area (Å²) in [6, 6.07) is 2.08. The van der Waals surface area contributed by atoms with Crippen LogP contribution < -0.4 is 0 Å². The van der Waals surface area contributed by atoms with Crippen LogP contribution in [0.15, 0.2) is 0 Å². The number of hydrogen-bond acceptors (Lipinski definition) is 4. The van der Waals surface area contributed by atoms with E-state index in [1.165, 1.54) is 6.26 Å². The van der Waals surface area contributed by atoms with E-state index in [0.717, 1.165) is 18.6 Å². The minimum Gasteiger partial charge on any atom is -0.229 e. The van der Waals surface area contributed by atoms with E-state index in [9.17, 15) is 8.42 Å². The van der Waals surface area contributed by atoms with Gasteiger partial charge in [-0.1, -0.05) is 0 Å². The van der Waals surface area contributed by atoms with Crippen LogP contribution >= 0.6 is 11.8 Å². The lowest BCUT2D eigenvalue weighted by atomic mass is 10.3. The van der Waals surface area contributed by atoms with Crippen LogP contribution in [0.4, 0.5) is 0 Å². The second-order valence-electron chi connectivity index (χ2n) is 2.86. The van der Waals surface area contributed by atoms with Gasteiger partial charge in [0.1, 0.15) is 9.84 Å². The predicted octanol–water partition coefficient (Wildman–Crippen LogP) is 1.46. The Morgan fingerprint density at radius 1 is 1.31 bits per heavy atom. The fourth-order valence-corrected chi connectivity index (χ4v) is 3.02. The van der Waals surface area contributed by atoms with Crippen molar-refractivity contribution in [2.45, 2.75) is 19.3 Å². The first-order valence-electron chi connectivity index (χ1n) is 4.18. The van der Waals surface area contributed by atoms with Crippen LogP contribution in [-0.2, 0) is 9.84 Å². The molecule has 0 spiro atoms. The Kier molecular flexibility index (Phi) is 7.10. The molecule has 0 aliphatic heterocycles. The molecule has 0 aromatic rings. The zero-order valence-electron chi connectivity index (χ0n) is 7.82. The van der Waals surface area contributed by atoms with E-state index in [4.69, 9.17) is 5.26 Å². The highest BCUT2D eigenvalue weighted by atomic mass is 32.2. The Balaban J connectivity index is 3.14. The van der Waals surface area contributed by atoms with Crippen LogP contribution in [0.2, 0.25) is 0 Å². The highest BCUT2D eigenvalue weighted by Gasteiger charge is 2.00. The van der Waals surface area contributed by atoms with E-state index >= 15 is 0 Å². The second kappa shape index (κ2) is 7.22. The van der Waals surface area contributed by atoms with Gasteiger partial charge in [-0.2, -0.15) is 17.0 Å². The minimum absolute atomic E-state index is 0.260. The molecule has 0 aliphatic carbocycles. The molecule has 0 aliphatic rings. The smallest absolute Gasteiger partial charge is 0.148 e. The molecule has 76 valence electrons. The summed E-state index contributed by atoms with van der Waals surface area (Å²) in [6.45, 7) is 0. The average Bonchev–Trinajstić information content (AvgIpc) is 2.01. The van der Waals surface area contributed by atoms with Crippen LogP contribution in [0.1, 0.15) is 19.3 Å². The van der Waals surface area contributed by atoms with Crippen molar-refractivity contribution in [2.24, 2.45) is 0 Å². The SMILES string of the molecule is CS(=O)(=O)CCSCCCCC#N. The molecule has 13 heavy (non-hydrogen) atoms. The van der Waals surface area contributed by atoms with Crippen molar-refractivity contribution in [1.82, 2.24) is 0 Å². The van der Waals surface area contributed by atoms with Crippen LogP contribution in [0.5, 0.6) is 0 Å². The van der Waals surface area contributed by atoms with Gasteiger partial charge in [0.25, 0.3) is 0 Å². The molecule has 0 amide bonds. The quantitative estimate of drug-likeness (QED) is 0.611. The van der Waals surface area contributed by atoms with E-state index in [1.54, 1.807) is 11.8 Å². The maximum atomic E-state index is 10.7. The van der Waals surface area contributed by atoms with Crippen molar-refractivity contribution < 1.29 is 8.42 Å². The highest BCUT2D eigenvalue weighted by molar-refractivity contribution is 8.00. The third-order valence-corrected chi connectivity index (χ3v) is 3.70. The van der Waals surface area contributed by atoms with Gasteiger partial charge in [0.2, 0.25) is 0 Å². The van der Waals surface area contributed by atoms with Crippen LogP contribution in [0.25, 0.3) is 0 Å². The minimum atomic E-state index is -2.79. The molecule has 0 saturated heterocycles. The normalized spacial score (nSPS) is 11.1. The molecule has 0 rings (SSSR count). The number of thioether (sulfide) groups is 1. The Morgan fingerprint density at radius 3 is 2.54 bits per heavy atom. The summed E-state index contributed by atoms with van der Waals surface area (Å²) in [5.74, 6) is 1.89. The lowest BCUT2D eigenvalue weighted by Gasteiger charge is -1.98. The third kappa shape index (κ3) is 11.8. The van der Waals surface area contributed by atoms with E-state index in [-0.39, 0.29) is 5.75 Å². The summed E-state index contributed by atoms with van der Waals surface area (Å²) in [6.07, 6.45) is 3.78. The van der Waals surface area contributed by atoms with Gasteiger partial charge < -0.3 is 0 Å². The Bertz CT molecular complexity index is 254. The average molecular weight is 221 g/mol. The lowest BCUT2D eigenvalue weighted by Crippen LogP contribution is -2.05. The van der Waals surface area contributed by atoms with E-state index in [2.05, 4.69) is 6.07 Å². The van der Waals surface area contributed by atoms with Gasteiger partial charge in [-0.3, -0.25) is 0 Å². The summed E-state index contributed by atoms with van der Waals surface area (Å²) in [5, 5.41) is 8.24. The van der Waals surface area contributed by atoms with Crippen molar-refractivity contribution >= 4 is 21.6 Å². The number of nitrogens with zero attached hydrogens (tertiary/aromatic N) is 1. The number of unbranched alkanes of at least 4 members (excludes halogenated alkanes) is 2. The van der Waals surface area contributed by atoms with Crippen molar-refractivity contribution in [3.8, 4) is 6.07 Å². The number of rotatable bonds is 7. The maximum absolute atomic E-state index is 10.7. The molecular weight excluding hydrogens is 206 g/mol. The fraction of sp³-hybridized carbons (Fsp3) is 0.875. The molecule has 5 heteroatoms. The van der Waals surface area contributed by atoms with Gasteiger partial charge in [-0.25, -0.2) is 8.42 Å². The number of sulfone groups is 1. The summed E-state index contributed by atoms with van der Waals surface area (Å²) >= 11 is 1.64. The standard InChI is InChI=1S/C8H15NO2S2/c1-13(10,11)8-7-12-6-4-2-3-5-9/h2-4,6-8H2,1H3. The topological polar surface area (TPSA) is 57.9 Å². The first-order chi connectivity index (χ1) is 6.06. The van der Waals surface area contributed by atoms with E-state index in [1.807, 2.05) is 0 Å². The zero-order chi connectivity index (χ0) is 10.2.